The van der Waals surface area contributed by atoms with Crippen molar-refractivity contribution < 1.29 is 28.5 Å². The minimum atomic E-state index is 0.461. The van der Waals surface area contributed by atoms with E-state index in [0.717, 1.165) is 25.1 Å². The van der Waals surface area contributed by atoms with E-state index < -0.39 is 0 Å². The van der Waals surface area contributed by atoms with E-state index >= 15 is 0 Å². The van der Waals surface area contributed by atoms with Crippen molar-refractivity contribution in [2.75, 3.05) is 59.5 Å². The second-order valence-corrected chi connectivity index (χ2v) is 9.58. The van der Waals surface area contributed by atoms with Crippen LogP contribution in [0.25, 0.3) is 0 Å². The van der Waals surface area contributed by atoms with Crippen LogP contribution >= 0.6 is 0 Å². The fourth-order valence-corrected chi connectivity index (χ4v) is 4.02. The Morgan fingerprint density at radius 1 is 0.486 bits per heavy atom. The zero-order chi connectivity index (χ0) is 26.5. The number of carbonyl (C=O) groups is 1. The summed E-state index contributed by atoms with van der Waals surface area (Å²) in [5, 5.41) is 0. The zero-order valence-corrected chi connectivity index (χ0v) is 23.6. The number of hydrogen-bond acceptors (Lipinski definition) is 6. The molecule has 1 aromatic carbocycles. The lowest BCUT2D eigenvalue weighted by Gasteiger charge is -2.08. The van der Waals surface area contributed by atoms with E-state index in [-0.39, 0.29) is 0 Å². The molecule has 0 atom stereocenters. The minimum absolute atomic E-state index is 0.461. The molecular weight excluding hydrogens is 468 g/mol. The van der Waals surface area contributed by atoms with E-state index in [1.54, 1.807) is 24.3 Å². The predicted octanol–water partition coefficient (Wildman–Crippen LogP) is 7.43. The number of benzene rings is 1. The molecule has 0 N–H and O–H groups in total. The standard InChI is InChI=1S/C31H54O6/c1-2-3-4-5-6-7-8-9-10-11-12-13-14-15-20-33-21-22-34-23-24-35-25-26-36-27-28-37-31-18-16-30(29-32)17-19-31/h16-19,29H,2-15,20-28H2,1H3. The van der Waals surface area contributed by atoms with Crippen LogP contribution in [0.4, 0.5) is 0 Å². The van der Waals surface area contributed by atoms with Crippen LogP contribution in [0, 0.1) is 0 Å². The maximum absolute atomic E-state index is 10.6. The zero-order valence-electron chi connectivity index (χ0n) is 23.6. The monoisotopic (exact) mass is 522 g/mol. The van der Waals surface area contributed by atoms with Crippen molar-refractivity contribution in [2.45, 2.75) is 96.8 Å². The Bertz CT molecular complexity index is 592. The smallest absolute Gasteiger partial charge is 0.150 e. The number of unbranched alkanes of at least 4 members (excludes halogenated alkanes) is 13. The lowest BCUT2D eigenvalue weighted by atomic mass is 10.0. The molecule has 0 aliphatic heterocycles. The summed E-state index contributed by atoms with van der Waals surface area (Å²) in [4.78, 5) is 10.6. The Labute approximate surface area is 226 Å². The van der Waals surface area contributed by atoms with Gasteiger partial charge in [0.1, 0.15) is 18.6 Å². The second kappa shape index (κ2) is 27.6. The largest absolute Gasteiger partial charge is 0.491 e. The molecule has 0 aromatic heterocycles. The van der Waals surface area contributed by atoms with Crippen molar-refractivity contribution in [1.82, 2.24) is 0 Å². The summed E-state index contributed by atoms with van der Waals surface area (Å²) in [7, 11) is 0. The van der Waals surface area contributed by atoms with Crippen LogP contribution in [-0.4, -0.2) is 65.7 Å². The Hall–Kier alpha value is -1.47. The van der Waals surface area contributed by atoms with E-state index in [9.17, 15) is 4.79 Å². The van der Waals surface area contributed by atoms with Gasteiger partial charge in [-0.1, -0.05) is 90.4 Å². The van der Waals surface area contributed by atoms with Gasteiger partial charge in [-0.25, -0.2) is 0 Å². The van der Waals surface area contributed by atoms with Crippen molar-refractivity contribution in [3.05, 3.63) is 29.8 Å². The van der Waals surface area contributed by atoms with Gasteiger partial charge in [-0.3, -0.25) is 4.79 Å². The normalized spacial score (nSPS) is 11.2. The van der Waals surface area contributed by atoms with Crippen molar-refractivity contribution in [2.24, 2.45) is 0 Å². The molecule has 0 aliphatic rings. The molecule has 6 nitrogen and oxygen atoms in total. The molecular formula is C31H54O6. The molecule has 0 bridgehead atoms. The fourth-order valence-electron chi connectivity index (χ4n) is 4.02. The highest BCUT2D eigenvalue weighted by Gasteiger charge is 1.97. The highest BCUT2D eigenvalue weighted by Crippen LogP contribution is 2.13. The topological polar surface area (TPSA) is 63.2 Å². The molecule has 0 saturated carbocycles. The Morgan fingerprint density at radius 2 is 0.865 bits per heavy atom. The van der Waals surface area contributed by atoms with Crippen molar-refractivity contribution in [3.63, 3.8) is 0 Å². The maximum atomic E-state index is 10.6. The summed E-state index contributed by atoms with van der Waals surface area (Å²) < 4.78 is 27.7. The third-order valence-corrected chi connectivity index (χ3v) is 6.27. The van der Waals surface area contributed by atoms with Crippen LogP contribution in [0.3, 0.4) is 0 Å². The Morgan fingerprint density at radius 3 is 1.30 bits per heavy atom. The van der Waals surface area contributed by atoms with Gasteiger partial charge in [0.05, 0.1) is 46.2 Å². The molecule has 0 unspecified atom stereocenters. The molecule has 0 aliphatic carbocycles. The van der Waals surface area contributed by atoms with E-state index in [1.165, 1.54) is 83.5 Å². The first-order valence-corrected chi connectivity index (χ1v) is 14.9. The van der Waals surface area contributed by atoms with Crippen LogP contribution in [0.2, 0.25) is 0 Å². The number of hydrogen-bond donors (Lipinski definition) is 0. The third kappa shape index (κ3) is 23.4. The molecule has 1 aromatic rings. The van der Waals surface area contributed by atoms with E-state index in [0.29, 0.717) is 58.4 Å². The number of ether oxygens (including phenoxy) is 5. The average molecular weight is 523 g/mol. The quantitative estimate of drug-likeness (QED) is 0.0805. The Kier molecular flexibility index (Phi) is 25.0. The lowest BCUT2D eigenvalue weighted by molar-refractivity contribution is -0.00487. The number of carbonyl (C=O) groups excluding carboxylic acids is 1. The predicted molar refractivity (Wildman–Crippen MR) is 151 cm³/mol. The maximum Gasteiger partial charge on any atom is 0.150 e. The van der Waals surface area contributed by atoms with E-state index in [1.807, 2.05) is 0 Å². The summed E-state index contributed by atoms with van der Waals surface area (Å²) in [5.41, 5.74) is 0.637. The second-order valence-electron chi connectivity index (χ2n) is 9.58. The van der Waals surface area contributed by atoms with Crippen LogP contribution in [0.15, 0.2) is 24.3 Å². The number of aldehydes is 1. The van der Waals surface area contributed by atoms with Crippen molar-refractivity contribution >= 4 is 6.29 Å². The van der Waals surface area contributed by atoms with Gasteiger partial charge in [-0.2, -0.15) is 0 Å². The lowest BCUT2D eigenvalue weighted by Crippen LogP contribution is -2.13. The van der Waals surface area contributed by atoms with Gasteiger partial charge in [0.2, 0.25) is 0 Å². The first-order chi connectivity index (χ1) is 18.4. The van der Waals surface area contributed by atoms with Gasteiger partial charge in [-0.15, -0.1) is 0 Å². The van der Waals surface area contributed by atoms with Gasteiger partial charge in [0.25, 0.3) is 0 Å². The first kappa shape index (κ1) is 33.6. The van der Waals surface area contributed by atoms with E-state index in [2.05, 4.69) is 6.92 Å². The molecule has 0 heterocycles. The van der Waals surface area contributed by atoms with Crippen LogP contribution in [0.5, 0.6) is 5.75 Å². The van der Waals surface area contributed by atoms with Gasteiger partial charge >= 0.3 is 0 Å². The summed E-state index contributed by atoms with van der Waals surface area (Å²) in [6, 6.07) is 7.01. The number of rotatable bonds is 29. The average Bonchev–Trinajstić information content (AvgIpc) is 2.93. The van der Waals surface area contributed by atoms with Crippen LogP contribution in [0.1, 0.15) is 107 Å². The van der Waals surface area contributed by atoms with E-state index in [4.69, 9.17) is 23.7 Å². The SMILES string of the molecule is CCCCCCCCCCCCCCCCOCCOCCOCCOCCOc1ccc(C=O)cc1. The highest BCUT2D eigenvalue weighted by atomic mass is 16.6. The minimum Gasteiger partial charge on any atom is -0.491 e. The molecule has 0 radical (unpaired) electrons. The Balaban J connectivity index is 1.67. The third-order valence-electron chi connectivity index (χ3n) is 6.27. The van der Waals surface area contributed by atoms with Gasteiger partial charge in [0.15, 0.2) is 0 Å². The first-order valence-electron chi connectivity index (χ1n) is 14.9. The molecule has 6 heteroatoms. The fraction of sp³-hybridized carbons (Fsp3) is 0.774. The van der Waals surface area contributed by atoms with Gasteiger partial charge in [-0.05, 0) is 30.7 Å². The molecule has 0 saturated heterocycles. The summed E-state index contributed by atoms with van der Waals surface area (Å²) in [6.45, 7) is 7.52. The van der Waals surface area contributed by atoms with Gasteiger partial charge < -0.3 is 23.7 Å². The molecule has 0 spiro atoms. The van der Waals surface area contributed by atoms with Crippen molar-refractivity contribution in [1.29, 1.82) is 0 Å². The molecule has 0 fully saturated rings. The summed E-state index contributed by atoms with van der Waals surface area (Å²) in [6.07, 6.45) is 20.1. The molecule has 214 valence electrons. The molecule has 0 amide bonds. The molecule has 1 rings (SSSR count). The summed E-state index contributed by atoms with van der Waals surface area (Å²) >= 11 is 0. The van der Waals surface area contributed by atoms with Crippen molar-refractivity contribution in [3.8, 4) is 5.75 Å². The molecule has 37 heavy (non-hydrogen) atoms. The highest BCUT2D eigenvalue weighted by molar-refractivity contribution is 5.74. The summed E-state index contributed by atoms with van der Waals surface area (Å²) in [5.74, 6) is 0.728. The van der Waals surface area contributed by atoms with Crippen LogP contribution in [-0.2, 0) is 18.9 Å². The van der Waals surface area contributed by atoms with Crippen LogP contribution < -0.4 is 4.74 Å². The van der Waals surface area contributed by atoms with Gasteiger partial charge in [0, 0.05) is 12.2 Å².